The van der Waals surface area contributed by atoms with Crippen molar-refractivity contribution in [1.29, 1.82) is 0 Å². The van der Waals surface area contributed by atoms with Crippen molar-refractivity contribution in [1.82, 2.24) is 0 Å². The van der Waals surface area contributed by atoms with Crippen LogP contribution >= 0.6 is 0 Å². The van der Waals surface area contributed by atoms with E-state index < -0.39 is 11.9 Å². The Morgan fingerprint density at radius 3 is 2.42 bits per heavy atom. The Morgan fingerprint density at radius 2 is 1.95 bits per heavy atom. The quantitative estimate of drug-likeness (QED) is 0.820. The van der Waals surface area contributed by atoms with Crippen molar-refractivity contribution in [3.8, 4) is 11.5 Å². The lowest BCUT2D eigenvalue weighted by molar-refractivity contribution is -0.141. The second-order valence-electron chi connectivity index (χ2n) is 4.32. The number of hydrogen-bond acceptors (Lipinski definition) is 4. The van der Waals surface area contributed by atoms with Gasteiger partial charge in [0.1, 0.15) is 0 Å². The van der Waals surface area contributed by atoms with E-state index in [2.05, 4.69) is 0 Å². The molecule has 0 spiro atoms. The number of aliphatic carboxylic acids is 1. The Morgan fingerprint density at radius 1 is 1.26 bits per heavy atom. The molecule has 0 fully saturated rings. The van der Waals surface area contributed by atoms with Gasteiger partial charge in [0.05, 0.1) is 26.7 Å². The topological polar surface area (TPSA) is 65.0 Å². The highest BCUT2D eigenvalue weighted by molar-refractivity contribution is 5.70. The Kier molecular flexibility index (Phi) is 5.63. The lowest BCUT2D eigenvalue weighted by atomic mass is 9.96. The van der Waals surface area contributed by atoms with E-state index in [9.17, 15) is 4.79 Å². The summed E-state index contributed by atoms with van der Waals surface area (Å²) in [4.78, 5) is 11.0. The zero-order valence-corrected chi connectivity index (χ0v) is 11.7. The van der Waals surface area contributed by atoms with E-state index in [4.69, 9.17) is 19.3 Å². The number of carboxylic acid groups (broad SMARTS) is 1. The zero-order valence-electron chi connectivity index (χ0n) is 11.7. The molecular weight excluding hydrogens is 248 g/mol. The highest BCUT2D eigenvalue weighted by atomic mass is 16.5. The number of methoxy groups -OCH3 is 3. The molecule has 0 aliphatic carbocycles. The van der Waals surface area contributed by atoms with E-state index in [1.807, 2.05) is 6.07 Å². The van der Waals surface area contributed by atoms with Crippen molar-refractivity contribution >= 4 is 5.97 Å². The minimum absolute atomic E-state index is 0.349. The summed E-state index contributed by atoms with van der Waals surface area (Å²) in [6.45, 7) is 2.03. The minimum Gasteiger partial charge on any atom is -0.493 e. The summed E-state index contributed by atoms with van der Waals surface area (Å²) in [7, 11) is 4.71. The lowest BCUT2D eigenvalue weighted by Gasteiger charge is -2.17. The van der Waals surface area contributed by atoms with Crippen LogP contribution in [0.4, 0.5) is 0 Å². The van der Waals surface area contributed by atoms with Crippen LogP contribution in [0.2, 0.25) is 0 Å². The molecule has 1 atom stereocenters. The first-order valence-corrected chi connectivity index (χ1v) is 5.99. The molecular formula is C14H20O5. The maximum absolute atomic E-state index is 11.0. The molecule has 0 aromatic heterocycles. The number of carbonyl (C=O) groups is 1. The predicted octanol–water partition coefficient (Wildman–Crippen LogP) is 2.11. The van der Waals surface area contributed by atoms with Gasteiger partial charge in [0.15, 0.2) is 11.5 Å². The monoisotopic (exact) mass is 268 g/mol. The molecule has 0 aliphatic heterocycles. The molecule has 106 valence electrons. The van der Waals surface area contributed by atoms with Crippen molar-refractivity contribution in [3.05, 3.63) is 23.3 Å². The molecule has 0 bridgehead atoms. The Hall–Kier alpha value is -1.75. The molecule has 0 aliphatic rings. The molecule has 1 rings (SSSR count). The smallest absolute Gasteiger partial charge is 0.306 e. The first kappa shape index (κ1) is 15.3. The van der Waals surface area contributed by atoms with Gasteiger partial charge in [-0.2, -0.15) is 0 Å². The Labute approximate surface area is 113 Å². The van der Waals surface area contributed by atoms with E-state index in [0.717, 1.165) is 11.1 Å². The maximum Gasteiger partial charge on any atom is 0.306 e. The van der Waals surface area contributed by atoms with Crippen LogP contribution in [0.1, 0.15) is 18.1 Å². The highest BCUT2D eigenvalue weighted by Crippen LogP contribution is 2.34. The summed E-state index contributed by atoms with van der Waals surface area (Å²) in [5.41, 5.74) is 1.73. The fourth-order valence-corrected chi connectivity index (χ4v) is 1.94. The van der Waals surface area contributed by atoms with E-state index in [-0.39, 0.29) is 0 Å². The molecule has 0 saturated carbocycles. The molecule has 0 radical (unpaired) electrons. The van der Waals surface area contributed by atoms with Crippen LogP contribution < -0.4 is 9.47 Å². The third-order valence-corrected chi connectivity index (χ3v) is 2.98. The Bertz CT molecular complexity index is 442. The average molecular weight is 268 g/mol. The Balaban J connectivity index is 3.19. The summed E-state index contributed by atoms with van der Waals surface area (Å²) in [6, 6.07) is 3.64. The van der Waals surface area contributed by atoms with Crippen LogP contribution in [-0.2, 0) is 22.6 Å². The molecule has 0 saturated heterocycles. The van der Waals surface area contributed by atoms with Crippen molar-refractivity contribution in [2.75, 3.05) is 21.3 Å². The molecule has 1 aromatic carbocycles. The SMILES string of the molecule is COCc1c(CC(C)C(=O)O)ccc(OC)c1OC. The van der Waals surface area contributed by atoms with Crippen molar-refractivity contribution in [3.63, 3.8) is 0 Å². The highest BCUT2D eigenvalue weighted by Gasteiger charge is 2.19. The van der Waals surface area contributed by atoms with Crippen LogP contribution in [0.3, 0.4) is 0 Å². The lowest BCUT2D eigenvalue weighted by Crippen LogP contribution is -2.14. The molecule has 0 amide bonds. The first-order chi connectivity index (χ1) is 9.04. The predicted molar refractivity (Wildman–Crippen MR) is 70.8 cm³/mol. The van der Waals surface area contributed by atoms with Gasteiger partial charge in [-0.1, -0.05) is 13.0 Å². The van der Waals surface area contributed by atoms with Crippen LogP contribution in [0.15, 0.2) is 12.1 Å². The van der Waals surface area contributed by atoms with Gasteiger partial charge in [-0.15, -0.1) is 0 Å². The van der Waals surface area contributed by atoms with Gasteiger partial charge >= 0.3 is 5.97 Å². The molecule has 1 unspecified atom stereocenters. The number of hydrogen-bond donors (Lipinski definition) is 1. The van der Waals surface area contributed by atoms with Crippen LogP contribution in [0.5, 0.6) is 11.5 Å². The van der Waals surface area contributed by atoms with Gasteiger partial charge < -0.3 is 19.3 Å². The maximum atomic E-state index is 11.0. The third-order valence-electron chi connectivity index (χ3n) is 2.98. The van der Waals surface area contributed by atoms with Crippen molar-refractivity contribution < 1.29 is 24.1 Å². The number of ether oxygens (including phenoxy) is 3. The average Bonchev–Trinajstić information content (AvgIpc) is 2.40. The summed E-state index contributed by atoms with van der Waals surface area (Å²) in [5, 5.41) is 9.00. The third kappa shape index (κ3) is 3.61. The molecule has 19 heavy (non-hydrogen) atoms. The summed E-state index contributed by atoms with van der Waals surface area (Å²) < 4.78 is 15.8. The van der Waals surface area contributed by atoms with Gasteiger partial charge in [-0.25, -0.2) is 0 Å². The molecule has 0 heterocycles. The normalized spacial score (nSPS) is 12.0. The second kappa shape index (κ2) is 6.99. The first-order valence-electron chi connectivity index (χ1n) is 5.99. The fourth-order valence-electron chi connectivity index (χ4n) is 1.94. The summed E-state index contributed by atoms with van der Waals surface area (Å²) in [6.07, 6.45) is 0.425. The standard InChI is InChI=1S/C14H20O5/c1-9(14(15)16)7-10-5-6-12(18-3)13(19-4)11(10)8-17-2/h5-6,9H,7-8H2,1-4H3,(H,15,16). The fraction of sp³-hybridized carbons (Fsp3) is 0.500. The van der Waals surface area contributed by atoms with Gasteiger partial charge in [-0.05, 0) is 18.1 Å². The zero-order chi connectivity index (χ0) is 14.4. The van der Waals surface area contributed by atoms with Gasteiger partial charge in [-0.3, -0.25) is 4.79 Å². The van der Waals surface area contributed by atoms with Crippen LogP contribution in [0, 0.1) is 5.92 Å². The van der Waals surface area contributed by atoms with Crippen LogP contribution in [-0.4, -0.2) is 32.4 Å². The van der Waals surface area contributed by atoms with Gasteiger partial charge in [0, 0.05) is 12.7 Å². The largest absolute Gasteiger partial charge is 0.493 e. The van der Waals surface area contributed by atoms with Crippen molar-refractivity contribution in [2.45, 2.75) is 20.0 Å². The summed E-state index contributed by atoms with van der Waals surface area (Å²) >= 11 is 0. The van der Waals surface area contributed by atoms with Gasteiger partial charge in [0.2, 0.25) is 0 Å². The van der Waals surface area contributed by atoms with E-state index >= 15 is 0 Å². The van der Waals surface area contributed by atoms with Gasteiger partial charge in [0.25, 0.3) is 0 Å². The number of rotatable bonds is 7. The molecule has 5 nitrogen and oxygen atoms in total. The van der Waals surface area contributed by atoms with E-state index in [1.54, 1.807) is 34.3 Å². The summed E-state index contributed by atoms with van der Waals surface area (Å²) in [5.74, 6) is -0.0763. The molecule has 5 heteroatoms. The second-order valence-corrected chi connectivity index (χ2v) is 4.32. The number of carboxylic acids is 1. The van der Waals surface area contributed by atoms with E-state index in [0.29, 0.717) is 24.5 Å². The molecule has 1 N–H and O–H groups in total. The van der Waals surface area contributed by atoms with Crippen LogP contribution in [0.25, 0.3) is 0 Å². The minimum atomic E-state index is -0.821. The number of benzene rings is 1. The van der Waals surface area contributed by atoms with E-state index in [1.165, 1.54) is 0 Å². The molecule has 1 aromatic rings. The van der Waals surface area contributed by atoms with Crippen molar-refractivity contribution in [2.24, 2.45) is 5.92 Å².